The highest BCUT2D eigenvalue weighted by molar-refractivity contribution is 6.14. The van der Waals surface area contributed by atoms with Crippen LogP contribution in [-0.4, -0.2) is 48.2 Å². The van der Waals surface area contributed by atoms with Gasteiger partial charge in [0.2, 0.25) is 11.8 Å². The average molecular weight is 436 g/mol. The van der Waals surface area contributed by atoms with E-state index in [4.69, 9.17) is 0 Å². The second kappa shape index (κ2) is 11.0. The van der Waals surface area contributed by atoms with Gasteiger partial charge < -0.3 is 10.6 Å². The molecular weight excluding hydrogens is 402 g/mol. The molecule has 1 aliphatic rings. The summed E-state index contributed by atoms with van der Waals surface area (Å²) in [5.41, 5.74) is 1.59. The molecule has 2 atom stereocenters. The van der Waals surface area contributed by atoms with Gasteiger partial charge in [-0.2, -0.15) is 0 Å². The fourth-order valence-electron chi connectivity index (χ4n) is 4.00. The van der Waals surface area contributed by atoms with Crippen molar-refractivity contribution in [1.82, 2.24) is 10.2 Å². The van der Waals surface area contributed by atoms with E-state index in [9.17, 15) is 14.4 Å². The van der Waals surface area contributed by atoms with E-state index in [1.54, 1.807) is 30.3 Å². The van der Waals surface area contributed by atoms with Gasteiger partial charge in [-0.25, -0.2) is 0 Å². The minimum atomic E-state index is -0.335. The largest absolute Gasteiger partial charge is 0.356 e. The van der Waals surface area contributed by atoms with Crippen LogP contribution < -0.4 is 10.6 Å². The minimum absolute atomic E-state index is 0.0296. The maximum absolute atomic E-state index is 13.1. The van der Waals surface area contributed by atoms with Crippen LogP contribution in [0.1, 0.15) is 49.5 Å². The molecule has 170 valence electrons. The number of likely N-dealkylation sites (tertiary alicyclic amines) is 1. The monoisotopic (exact) mass is 435 g/mol. The molecule has 0 bridgehead atoms. The van der Waals surface area contributed by atoms with Crippen molar-refractivity contribution in [2.75, 3.05) is 25.0 Å². The van der Waals surface area contributed by atoms with Crippen LogP contribution in [-0.2, 0) is 9.59 Å². The average Bonchev–Trinajstić information content (AvgIpc) is 2.82. The molecule has 2 amide bonds. The smallest absolute Gasteiger partial charge is 0.241 e. The molecule has 0 spiro atoms. The lowest BCUT2D eigenvalue weighted by Crippen LogP contribution is -2.49. The molecule has 1 aliphatic heterocycles. The van der Waals surface area contributed by atoms with Crippen LogP contribution in [0.4, 0.5) is 5.69 Å². The Bertz CT molecular complexity index is 942. The van der Waals surface area contributed by atoms with Crippen LogP contribution in [0.2, 0.25) is 0 Å². The van der Waals surface area contributed by atoms with E-state index < -0.39 is 0 Å². The highest BCUT2D eigenvalue weighted by Gasteiger charge is 2.28. The molecule has 0 aromatic heterocycles. The van der Waals surface area contributed by atoms with Gasteiger partial charge in [0.1, 0.15) is 0 Å². The Morgan fingerprint density at radius 2 is 1.66 bits per heavy atom. The maximum atomic E-state index is 13.1. The maximum Gasteiger partial charge on any atom is 0.241 e. The summed E-state index contributed by atoms with van der Waals surface area (Å²) in [6.45, 7) is 7.90. The summed E-state index contributed by atoms with van der Waals surface area (Å²) in [6, 6.07) is 15.9. The summed E-state index contributed by atoms with van der Waals surface area (Å²) in [7, 11) is 0. The predicted molar refractivity (Wildman–Crippen MR) is 127 cm³/mol. The lowest BCUT2D eigenvalue weighted by Gasteiger charge is -2.36. The van der Waals surface area contributed by atoms with Crippen molar-refractivity contribution in [2.45, 2.75) is 39.7 Å². The van der Waals surface area contributed by atoms with Crippen molar-refractivity contribution in [1.29, 1.82) is 0 Å². The molecule has 1 fully saturated rings. The molecule has 6 heteroatoms. The first-order valence-electron chi connectivity index (χ1n) is 11.4. The van der Waals surface area contributed by atoms with Gasteiger partial charge in [-0.3, -0.25) is 19.3 Å². The van der Waals surface area contributed by atoms with Gasteiger partial charge >= 0.3 is 0 Å². The first-order valence-corrected chi connectivity index (χ1v) is 11.4. The number of hydrogen-bond acceptors (Lipinski definition) is 4. The highest BCUT2D eigenvalue weighted by Crippen LogP contribution is 2.22. The molecule has 0 saturated carbocycles. The van der Waals surface area contributed by atoms with Crippen LogP contribution in [0.3, 0.4) is 0 Å². The van der Waals surface area contributed by atoms with E-state index >= 15 is 0 Å². The number of anilines is 1. The predicted octanol–water partition coefficient (Wildman–Crippen LogP) is 3.73. The number of para-hydroxylation sites is 1. The van der Waals surface area contributed by atoms with Gasteiger partial charge in [0.05, 0.1) is 11.7 Å². The van der Waals surface area contributed by atoms with Gasteiger partial charge in [-0.15, -0.1) is 0 Å². The van der Waals surface area contributed by atoms with Crippen molar-refractivity contribution in [2.24, 2.45) is 11.8 Å². The number of nitrogens with one attached hydrogen (secondary N) is 2. The number of ketones is 1. The second-order valence-corrected chi connectivity index (χ2v) is 8.81. The molecule has 1 heterocycles. The lowest BCUT2D eigenvalue weighted by molar-refractivity contribution is -0.125. The van der Waals surface area contributed by atoms with Crippen LogP contribution >= 0.6 is 0 Å². The summed E-state index contributed by atoms with van der Waals surface area (Å²) in [6.07, 6.45) is 2.03. The summed E-state index contributed by atoms with van der Waals surface area (Å²) in [4.78, 5) is 40.0. The number of hydrogen-bond donors (Lipinski definition) is 2. The molecule has 1 saturated heterocycles. The number of nitrogens with zero attached hydrogens (tertiary/aromatic N) is 1. The van der Waals surface area contributed by atoms with Gasteiger partial charge in [0.15, 0.2) is 5.78 Å². The van der Waals surface area contributed by atoms with Crippen LogP contribution in [0.5, 0.6) is 0 Å². The molecule has 6 nitrogen and oxygen atoms in total. The van der Waals surface area contributed by atoms with Gasteiger partial charge in [-0.1, -0.05) is 56.3 Å². The first-order chi connectivity index (χ1) is 15.4. The number of carbonyl (C=O) groups is 3. The molecule has 32 heavy (non-hydrogen) atoms. The Labute approximate surface area is 190 Å². The summed E-state index contributed by atoms with van der Waals surface area (Å²) in [5.74, 6) is 0.109. The summed E-state index contributed by atoms with van der Waals surface area (Å²) < 4.78 is 0. The number of piperidine rings is 1. The Kier molecular flexibility index (Phi) is 8.17. The topological polar surface area (TPSA) is 78.5 Å². The zero-order chi connectivity index (χ0) is 23.1. The van der Waals surface area contributed by atoms with Crippen molar-refractivity contribution in [3.8, 4) is 0 Å². The van der Waals surface area contributed by atoms with E-state index in [-0.39, 0.29) is 29.6 Å². The van der Waals surface area contributed by atoms with Crippen LogP contribution in [0.15, 0.2) is 54.6 Å². The van der Waals surface area contributed by atoms with E-state index in [0.29, 0.717) is 29.3 Å². The Morgan fingerprint density at radius 1 is 0.969 bits per heavy atom. The zero-order valence-electron chi connectivity index (χ0n) is 19.1. The molecule has 2 unspecified atom stereocenters. The van der Waals surface area contributed by atoms with E-state index in [1.807, 2.05) is 45.0 Å². The molecule has 2 aromatic rings. The van der Waals surface area contributed by atoms with E-state index in [0.717, 1.165) is 25.9 Å². The zero-order valence-corrected chi connectivity index (χ0v) is 19.1. The van der Waals surface area contributed by atoms with Crippen molar-refractivity contribution in [3.63, 3.8) is 0 Å². The first kappa shape index (κ1) is 23.7. The fraction of sp³-hybridized carbons (Fsp3) is 0.423. The minimum Gasteiger partial charge on any atom is -0.356 e. The molecule has 2 N–H and O–H groups in total. The van der Waals surface area contributed by atoms with E-state index in [2.05, 4.69) is 15.5 Å². The van der Waals surface area contributed by atoms with Gasteiger partial charge in [-0.05, 0) is 44.4 Å². The lowest BCUT2D eigenvalue weighted by atomic mass is 9.96. The van der Waals surface area contributed by atoms with Gasteiger partial charge in [0, 0.05) is 30.1 Å². The molecule has 2 aromatic carbocycles. The normalized spacial score (nSPS) is 17.6. The van der Waals surface area contributed by atoms with E-state index in [1.165, 1.54) is 0 Å². The SMILES string of the molecule is CC(C)C(=O)NCC1CCCN(C(C)C(=O)Nc2ccccc2C(=O)c2ccccc2)C1. The van der Waals surface area contributed by atoms with Crippen molar-refractivity contribution < 1.29 is 14.4 Å². The fourth-order valence-corrected chi connectivity index (χ4v) is 4.00. The Hall–Kier alpha value is -2.99. The standard InChI is InChI=1S/C26H33N3O3/c1-18(2)25(31)27-16-20-10-9-15-29(17-20)19(3)26(32)28-23-14-8-7-13-22(23)24(30)21-11-5-4-6-12-21/h4-8,11-14,18-20H,9-10,15-17H2,1-3H3,(H,27,31)(H,28,32). The van der Waals surface area contributed by atoms with Crippen LogP contribution in [0.25, 0.3) is 0 Å². The third kappa shape index (κ3) is 6.04. The van der Waals surface area contributed by atoms with Crippen LogP contribution in [0, 0.1) is 11.8 Å². The van der Waals surface area contributed by atoms with Crippen molar-refractivity contribution in [3.05, 3.63) is 65.7 Å². The summed E-state index contributed by atoms with van der Waals surface area (Å²) in [5, 5.41) is 5.98. The van der Waals surface area contributed by atoms with Crippen molar-refractivity contribution >= 4 is 23.3 Å². The van der Waals surface area contributed by atoms with Gasteiger partial charge in [0.25, 0.3) is 0 Å². The number of carbonyl (C=O) groups excluding carboxylic acids is 3. The number of rotatable bonds is 8. The Morgan fingerprint density at radius 3 is 2.38 bits per heavy atom. The third-order valence-corrected chi connectivity index (χ3v) is 6.03. The highest BCUT2D eigenvalue weighted by atomic mass is 16.2. The quantitative estimate of drug-likeness (QED) is 0.620. The molecule has 3 rings (SSSR count). The Balaban J connectivity index is 1.63. The molecule has 0 radical (unpaired) electrons. The molecule has 0 aliphatic carbocycles. The molecular formula is C26H33N3O3. The second-order valence-electron chi connectivity index (χ2n) is 8.81. The number of benzene rings is 2. The summed E-state index contributed by atoms with van der Waals surface area (Å²) >= 11 is 0. The third-order valence-electron chi connectivity index (χ3n) is 6.03. The number of amides is 2.